The highest BCUT2D eigenvalue weighted by Crippen LogP contribution is 2.14. The highest BCUT2D eigenvalue weighted by molar-refractivity contribution is 5.83. The zero-order valence-corrected chi connectivity index (χ0v) is 7.58. The van der Waals surface area contributed by atoms with Crippen molar-refractivity contribution in [1.29, 1.82) is 0 Å². The minimum absolute atomic E-state index is 0.0671. The Morgan fingerprint density at radius 1 is 1.54 bits per heavy atom. The van der Waals surface area contributed by atoms with E-state index in [-0.39, 0.29) is 11.9 Å². The van der Waals surface area contributed by atoms with Crippen LogP contribution in [0.4, 0.5) is 0 Å². The van der Waals surface area contributed by atoms with E-state index in [9.17, 15) is 4.79 Å². The van der Waals surface area contributed by atoms with Crippen LogP contribution in [0.3, 0.4) is 0 Å². The second kappa shape index (κ2) is 3.22. The molecule has 1 unspecified atom stereocenters. The van der Waals surface area contributed by atoms with Gasteiger partial charge in [-0.05, 0) is 11.6 Å². The summed E-state index contributed by atoms with van der Waals surface area (Å²) in [4.78, 5) is 11.4. The number of aryl methyl sites for hydroxylation is 1. The third kappa shape index (κ3) is 1.58. The lowest BCUT2D eigenvalue weighted by Crippen LogP contribution is -2.47. The van der Waals surface area contributed by atoms with Crippen LogP contribution in [0.2, 0.25) is 0 Å². The molecule has 1 aromatic heterocycles. The van der Waals surface area contributed by atoms with Gasteiger partial charge < -0.3 is 15.2 Å². The summed E-state index contributed by atoms with van der Waals surface area (Å²) in [5.41, 5.74) is 1.03. The maximum atomic E-state index is 11.4. The Hall–Kier alpha value is -1.29. The van der Waals surface area contributed by atoms with Gasteiger partial charge in [0.15, 0.2) is 0 Å². The van der Waals surface area contributed by atoms with E-state index in [0.29, 0.717) is 0 Å². The van der Waals surface area contributed by atoms with Gasteiger partial charge in [-0.1, -0.05) is 0 Å². The monoisotopic (exact) mass is 179 g/mol. The van der Waals surface area contributed by atoms with E-state index < -0.39 is 0 Å². The quantitative estimate of drug-likeness (QED) is 0.626. The van der Waals surface area contributed by atoms with E-state index in [0.717, 1.165) is 18.7 Å². The second-order valence-electron chi connectivity index (χ2n) is 3.29. The molecule has 1 atom stereocenters. The van der Waals surface area contributed by atoms with Crippen molar-refractivity contribution in [3.63, 3.8) is 0 Å². The Kier molecular flexibility index (Phi) is 2.06. The largest absolute Gasteiger partial charge is 0.357 e. The first kappa shape index (κ1) is 8.31. The van der Waals surface area contributed by atoms with Crippen LogP contribution in [0.15, 0.2) is 18.5 Å². The van der Waals surface area contributed by atoms with Gasteiger partial charge in [-0.25, -0.2) is 0 Å². The van der Waals surface area contributed by atoms with Gasteiger partial charge in [0.25, 0.3) is 0 Å². The summed E-state index contributed by atoms with van der Waals surface area (Å²) >= 11 is 0. The molecule has 2 heterocycles. The normalized spacial score (nSPS) is 22.8. The SMILES string of the molecule is Cn1ccc(C2NCCNC2=O)c1. The van der Waals surface area contributed by atoms with Crippen LogP contribution in [0.1, 0.15) is 11.6 Å². The molecule has 4 nitrogen and oxygen atoms in total. The number of piperazine rings is 1. The fourth-order valence-electron chi connectivity index (χ4n) is 1.56. The van der Waals surface area contributed by atoms with Gasteiger partial charge in [0.05, 0.1) is 0 Å². The summed E-state index contributed by atoms with van der Waals surface area (Å²) < 4.78 is 1.94. The van der Waals surface area contributed by atoms with Crippen molar-refractivity contribution in [1.82, 2.24) is 15.2 Å². The van der Waals surface area contributed by atoms with Crippen molar-refractivity contribution in [3.05, 3.63) is 24.0 Å². The number of amides is 1. The number of carbonyl (C=O) groups is 1. The number of nitrogens with zero attached hydrogens (tertiary/aromatic N) is 1. The number of hydrogen-bond donors (Lipinski definition) is 2. The molecule has 2 rings (SSSR count). The molecule has 0 radical (unpaired) electrons. The van der Waals surface area contributed by atoms with Gasteiger partial charge in [0, 0.05) is 32.5 Å². The summed E-state index contributed by atoms with van der Waals surface area (Å²) in [6.45, 7) is 1.56. The number of carbonyl (C=O) groups excluding carboxylic acids is 1. The van der Waals surface area contributed by atoms with E-state index in [1.807, 2.05) is 30.1 Å². The molecular weight excluding hydrogens is 166 g/mol. The Morgan fingerprint density at radius 3 is 3.00 bits per heavy atom. The molecule has 1 amide bonds. The molecule has 0 spiro atoms. The van der Waals surface area contributed by atoms with Crippen molar-refractivity contribution < 1.29 is 4.79 Å². The third-order valence-electron chi connectivity index (χ3n) is 2.22. The van der Waals surface area contributed by atoms with Crippen LogP contribution >= 0.6 is 0 Å². The lowest BCUT2D eigenvalue weighted by Gasteiger charge is -2.22. The average Bonchev–Trinajstić information content (AvgIpc) is 2.53. The second-order valence-corrected chi connectivity index (χ2v) is 3.29. The molecule has 13 heavy (non-hydrogen) atoms. The van der Waals surface area contributed by atoms with Crippen molar-refractivity contribution in [2.45, 2.75) is 6.04 Å². The van der Waals surface area contributed by atoms with Gasteiger partial charge in [-0.2, -0.15) is 0 Å². The molecular formula is C9H13N3O. The minimum Gasteiger partial charge on any atom is -0.357 e. The summed E-state index contributed by atoms with van der Waals surface area (Å²) in [7, 11) is 1.95. The van der Waals surface area contributed by atoms with Gasteiger partial charge in [-0.3, -0.25) is 4.79 Å². The fourth-order valence-corrected chi connectivity index (χ4v) is 1.56. The maximum absolute atomic E-state index is 11.4. The van der Waals surface area contributed by atoms with E-state index in [1.54, 1.807) is 0 Å². The molecule has 1 aliphatic heterocycles. The van der Waals surface area contributed by atoms with Crippen molar-refractivity contribution in [2.75, 3.05) is 13.1 Å². The van der Waals surface area contributed by atoms with Crippen LogP contribution < -0.4 is 10.6 Å². The van der Waals surface area contributed by atoms with Crippen LogP contribution in [-0.4, -0.2) is 23.6 Å². The van der Waals surface area contributed by atoms with Crippen molar-refractivity contribution in [3.8, 4) is 0 Å². The molecule has 70 valence electrons. The van der Waals surface area contributed by atoms with Gasteiger partial charge in [0.2, 0.25) is 5.91 Å². The van der Waals surface area contributed by atoms with Crippen LogP contribution in [0.5, 0.6) is 0 Å². The average molecular weight is 179 g/mol. The third-order valence-corrected chi connectivity index (χ3v) is 2.22. The molecule has 1 fully saturated rings. The first-order valence-corrected chi connectivity index (χ1v) is 4.40. The highest BCUT2D eigenvalue weighted by atomic mass is 16.2. The Balaban J connectivity index is 2.19. The van der Waals surface area contributed by atoms with Crippen LogP contribution in [0.25, 0.3) is 0 Å². The Labute approximate surface area is 76.9 Å². The molecule has 1 aromatic rings. The maximum Gasteiger partial charge on any atom is 0.241 e. The number of aromatic nitrogens is 1. The first-order valence-electron chi connectivity index (χ1n) is 4.40. The standard InChI is InChI=1S/C9H13N3O/c1-12-5-2-7(6-12)8-9(13)11-4-3-10-8/h2,5-6,8,10H,3-4H2,1H3,(H,11,13). The smallest absolute Gasteiger partial charge is 0.241 e. The Bertz CT molecular complexity index is 318. The van der Waals surface area contributed by atoms with Gasteiger partial charge in [-0.15, -0.1) is 0 Å². The predicted octanol–water partition coefficient (Wildman–Crippen LogP) is -0.214. The van der Waals surface area contributed by atoms with E-state index in [4.69, 9.17) is 0 Å². The molecule has 0 saturated carbocycles. The molecule has 0 aliphatic carbocycles. The van der Waals surface area contributed by atoms with Gasteiger partial charge in [0.1, 0.15) is 6.04 Å². The summed E-state index contributed by atoms with van der Waals surface area (Å²) in [5.74, 6) is 0.0671. The predicted molar refractivity (Wildman–Crippen MR) is 49.2 cm³/mol. The highest BCUT2D eigenvalue weighted by Gasteiger charge is 2.23. The van der Waals surface area contributed by atoms with Crippen molar-refractivity contribution in [2.24, 2.45) is 7.05 Å². The topological polar surface area (TPSA) is 46.1 Å². The number of nitrogens with one attached hydrogen (secondary N) is 2. The summed E-state index contributed by atoms with van der Waals surface area (Å²) in [5, 5.41) is 6.00. The van der Waals surface area contributed by atoms with E-state index in [2.05, 4.69) is 10.6 Å². The lowest BCUT2D eigenvalue weighted by molar-refractivity contribution is -0.124. The molecule has 2 N–H and O–H groups in total. The van der Waals surface area contributed by atoms with E-state index >= 15 is 0 Å². The first-order chi connectivity index (χ1) is 6.27. The van der Waals surface area contributed by atoms with E-state index in [1.165, 1.54) is 0 Å². The van der Waals surface area contributed by atoms with Crippen molar-refractivity contribution >= 4 is 5.91 Å². The molecule has 0 bridgehead atoms. The molecule has 0 aromatic carbocycles. The minimum atomic E-state index is -0.171. The van der Waals surface area contributed by atoms with Gasteiger partial charge >= 0.3 is 0 Å². The number of rotatable bonds is 1. The molecule has 4 heteroatoms. The zero-order chi connectivity index (χ0) is 9.26. The summed E-state index contributed by atoms with van der Waals surface area (Å²) in [6, 6.07) is 1.79. The Morgan fingerprint density at radius 2 is 2.38 bits per heavy atom. The fraction of sp³-hybridized carbons (Fsp3) is 0.444. The molecule has 1 aliphatic rings. The zero-order valence-electron chi connectivity index (χ0n) is 7.58. The number of hydrogen-bond acceptors (Lipinski definition) is 2. The lowest BCUT2D eigenvalue weighted by atomic mass is 10.1. The van der Waals surface area contributed by atoms with Crippen LogP contribution in [-0.2, 0) is 11.8 Å². The summed E-state index contributed by atoms with van der Waals surface area (Å²) in [6.07, 6.45) is 3.90. The molecule has 1 saturated heterocycles. The van der Waals surface area contributed by atoms with Crippen LogP contribution in [0, 0.1) is 0 Å².